The first-order chi connectivity index (χ1) is 14.4. The van der Waals surface area contributed by atoms with Gasteiger partial charge in [0.2, 0.25) is 0 Å². The topological polar surface area (TPSA) is 86.4 Å². The zero-order valence-corrected chi connectivity index (χ0v) is 18.9. The predicted octanol–water partition coefficient (Wildman–Crippen LogP) is 4.44. The third kappa shape index (κ3) is 4.43. The first kappa shape index (κ1) is 22.1. The Bertz CT molecular complexity index is 1170. The first-order valence-electron chi connectivity index (χ1n) is 9.86. The van der Waals surface area contributed by atoms with Crippen LogP contribution in [0.25, 0.3) is 10.2 Å². The number of nitriles is 1. The minimum Gasteiger partial charge on any atom is -0.304 e. The van der Waals surface area contributed by atoms with Gasteiger partial charge < -0.3 is 4.90 Å². The largest absolute Gasteiger partial charge is 0.304 e. The zero-order valence-electron chi connectivity index (χ0n) is 17.2. The van der Waals surface area contributed by atoms with Crippen LogP contribution in [-0.4, -0.2) is 43.6 Å². The Balaban J connectivity index is 0.000000318. The SMILES string of the molecule is CCN(CC)CC.N#CC(C1=NS(=O)(=O)c2ccccc21)c1nc2ccccc2s1. The van der Waals surface area contributed by atoms with Gasteiger partial charge >= 0.3 is 0 Å². The van der Waals surface area contributed by atoms with Gasteiger partial charge in [0.1, 0.15) is 10.9 Å². The van der Waals surface area contributed by atoms with Crippen molar-refractivity contribution in [1.82, 2.24) is 9.88 Å². The molecule has 0 fully saturated rings. The highest BCUT2D eigenvalue weighted by Gasteiger charge is 2.35. The van der Waals surface area contributed by atoms with E-state index in [1.54, 1.807) is 18.2 Å². The summed E-state index contributed by atoms with van der Waals surface area (Å²) in [5, 5.41) is 10.2. The molecule has 1 atom stereocenters. The number of benzene rings is 2. The lowest BCUT2D eigenvalue weighted by molar-refractivity contribution is 0.321. The van der Waals surface area contributed by atoms with E-state index in [-0.39, 0.29) is 10.6 Å². The molecular formula is C22H24N4O2S2. The Morgan fingerprint density at radius 1 is 1.03 bits per heavy atom. The summed E-state index contributed by atoms with van der Waals surface area (Å²) < 4.78 is 29.1. The maximum absolute atomic E-state index is 12.2. The van der Waals surface area contributed by atoms with E-state index in [2.05, 4.69) is 41.1 Å². The van der Waals surface area contributed by atoms with Gasteiger partial charge in [0.15, 0.2) is 0 Å². The maximum atomic E-state index is 12.2. The summed E-state index contributed by atoms with van der Waals surface area (Å²) in [7, 11) is -3.73. The molecular weight excluding hydrogens is 416 g/mol. The molecule has 6 nitrogen and oxygen atoms in total. The third-order valence-electron chi connectivity index (χ3n) is 4.96. The molecule has 0 N–H and O–H groups in total. The van der Waals surface area contributed by atoms with E-state index in [9.17, 15) is 13.7 Å². The van der Waals surface area contributed by atoms with E-state index in [1.165, 1.54) is 37.0 Å². The lowest BCUT2D eigenvalue weighted by Gasteiger charge is -2.13. The second-order valence-corrected chi connectivity index (χ2v) is 9.28. The Morgan fingerprint density at radius 2 is 1.67 bits per heavy atom. The van der Waals surface area contributed by atoms with Crippen molar-refractivity contribution in [1.29, 1.82) is 5.26 Å². The fraction of sp³-hybridized carbons (Fsp3) is 0.318. The van der Waals surface area contributed by atoms with E-state index < -0.39 is 15.9 Å². The lowest BCUT2D eigenvalue weighted by atomic mass is 9.98. The fourth-order valence-corrected chi connectivity index (χ4v) is 5.54. The van der Waals surface area contributed by atoms with Crippen LogP contribution >= 0.6 is 11.3 Å². The summed E-state index contributed by atoms with van der Waals surface area (Å²) >= 11 is 1.38. The second-order valence-electron chi connectivity index (χ2n) is 6.65. The number of nitrogens with zero attached hydrogens (tertiary/aromatic N) is 4. The summed E-state index contributed by atoms with van der Waals surface area (Å²) in [6.45, 7) is 10.1. The van der Waals surface area contributed by atoms with Crippen LogP contribution in [0.3, 0.4) is 0 Å². The highest BCUT2D eigenvalue weighted by molar-refractivity contribution is 7.90. The lowest BCUT2D eigenvalue weighted by Crippen LogP contribution is -2.21. The minimum absolute atomic E-state index is 0.149. The van der Waals surface area contributed by atoms with Crippen molar-refractivity contribution in [3.8, 4) is 6.07 Å². The number of para-hydroxylation sites is 1. The average Bonchev–Trinajstić information content (AvgIpc) is 3.30. The third-order valence-corrected chi connectivity index (χ3v) is 7.41. The molecule has 156 valence electrons. The summed E-state index contributed by atoms with van der Waals surface area (Å²) in [4.78, 5) is 6.99. The fourth-order valence-electron chi connectivity index (χ4n) is 3.26. The van der Waals surface area contributed by atoms with Crippen LogP contribution in [0.5, 0.6) is 0 Å². The molecule has 0 aliphatic carbocycles. The molecule has 1 unspecified atom stereocenters. The molecule has 0 saturated carbocycles. The van der Waals surface area contributed by atoms with Crippen LogP contribution in [0, 0.1) is 11.3 Å². The zero-order chi connectivity index (χ0) is 21.7. The number of thiazole rings is 1. The van der Waals surface area contributed by atoms with E-state index in [1.807, 2.05) is 24.3 Å². The van der Waals surface area contributed by atoms with Crippen LogP contribution in [0.2, 0.25) is 0 Å². The van der Waals surface area contributed by atoms with Crippen molar-refractivity contribution in [2.24, 2.45) is 4.40 Å². The van der Waals surface area contributed by atoms with Gasteiger partial charge in [0.05, 0.1) is 26.9 Å². The summed E-state index contributed by atoms with van der Waals surface area (Å²) in [6, 6.07) is 16.3. The van der Waals surface area contributed by atoms with Gasteiger partial charge in [-0.1, -0.05) is 51.1 Å². The van der Waals surface area contributed by atoms with Gasteiger partial charge in [0, 0.05) is 5.56 Å². The van der Waals surface area contributed by atoms with Crippen LogP contribution in [-0.2, 0) is 10.0 Å². The number of fused-ring (bicyclic) bond motifs is 2. The molecule has 2 heterocycles. The van der Waals surface area contributed by atoms with Crippen LogP contribution in [0.4, 0.5) is 0 Å². The number of hydrogen-bond acceptors (Lipinski definition) is 6. The Labute approximate surface area is 181 Å². The molecule has 1 aliphatic heterocycles. The smallest absolute Gasteiger partial charge is 0.283 e. The molecule has 0 bridgehead atoms. The van der Waals surface area contributed by atoms with Crippen molar-refractivity contribution in [3.05, 3.63) is 59.1 Å². The number of rotatable bonds is 5. The van der Waals surface area contributed by atoms with Crippen LogP contribution in [0.1, 0.15) is 37.3 Å². The van der Waals surface area contributed by atoms with E-state index in [4.69, 9.17) is 0 Å². The normalized spacial score (nSPS) is 15.1. The number of sulfonamides is 1. The molecule has 1 aliphatic rings. The Hall–Kier alpha value is -2.60. The minimum atomic E-state index is -3.73. The summed E-state index contributed by atoms with van der Waals surface area (Å²) in [5.41, 5.74) is 1.53. The monoisotopic (exact) mass is 440 g/mol. The Morgan fingerprint density at radius 3 is 2.27 bits per heavy atom. The van der Waals surface area contributed by atoms with Gasteiger partial charge in [-0.15, -0.1) is 11.3 Å². The Kier molecular flexibility index (Phi) is 6.98. The molecule has 3 aromatic rings. The van der Waals surface area contributed by atoms with Crippen LogP contribution in [0.15, 0.2) is 57.8 Å². The maximum Gasteiger partial charge on any atom is 0.283 e. The van der Waals surface area contributed by atoms with Gasteiger partial charge in [-0.2, -0.15) is 18.1 Å². The standard InChI is InChI=1S/C16H9N3O2S2.C6H15N/c17-9-11(16-18-12-6-2-3-7-13(12)22-16)15-10-5-1-4-8-14(10)23(20,21)19-15;1-4-7(5-2)6-3/h1-8,11H;4-6H2,1-3H3. The van der Waals surface area contributed by atoms with E-state index >= 15 is 0 Å². The van der Waals surface area contributed by atoms with Crippen molar-refractivity contribution in [3.63, 3.8) is 0 Å². The van der Waals surface area contributed by atoms with Gasteiger partial charge in [-0.3, -0.25) is 0 Å². The first-order valence-corrected chi connectivity index (χ1v) is 12.1. The average molecular weight is 441 g/mol. The highest BCUT2D eigenvalue weighted by Crippen LogP contribution is 2.35. The molecule has 1 aromatic heterocycles. The molecule has 0 radical (unpaired) electrons. The molecule has 2 aromatic carbocycles. The van der Waals surface area contributed by atoms with Crippen molar-refractivity contribution in [2.75, 3.05) is 19.6 Å². The van der Waals surface area contributed by atoms with E-state index in [0.717, 1.165) is 10.2 Å². The number of hydrogen-bond donors (Lipinski definition) is 0. The van der Waals surface area contributed by atoms with Crippen molar-refractivity contribution >= 4 is 37.3 Å². The molecule has 0 amide bonds. The van der Waals surface area contributed by atoms with Crippen molar-refractivity contribution in [2.45, 2.75) is 31.6 Å². The van der Waals surface area contributed by atoms with Gasteiger partial charge in [-0.05, 0) is 37.8 Å². The number of aromatic nitrogens is 1. The molecule has 8 heteroatoms. The van der Waals surface area contributed by atoms with E-state index in [0.29, 0.717) is 10.6 Å². The van der Waals surface area contributed by atoms with Gasteiger partial charge in [0.25, 0.3) is 10.0 Å². The van der Waals surface area contributed by atoms with Crippen molar-refractivity contribution < 1.29 is 8.42 Å². The van der Waals surface area contributed by atoms with Gasteiger partial charge in [-0.25, -0.2) is 4.98 Å². The quantitative estimate of drug-likeness (QED) is 0.585. The summed E-state index contributed by atoms with van der Waals surface area (Å²) in [5.74, 6) is -0.800. The molecule has 4 rings (SSSR count). The van der Waals surface area contributed by atoms with Crippen LogP contribution < -0.4 is 0 Å². The molecule has 0 spiro atoms. The highest BCUT2D eigenvalue weighted by atomic mass is 32.2. The summed E-state index contributed by atoms with van der Waals surface area (Å²) in [6.07, 6.45) is 0. The molecule has 0 saturated heterocycles. The predicted molar refractivity (Wildman–Crippen MR) is 122 cm³/mol. The second kappa shape index (κ2) is 9.47. The molecule has 30 heavy (non-hydrogen) atoms.